The molecule has 312 valence electrons. The van der Waals surface area contributed by atoms with E-state index in [1.807, 2.05) is 12.2 Å². The number of carbonyl (C=O) groups excluding carboxylic acids is 2. The van der Waals surface area contributed by atoms with E-state index in [0.717, 1.165) is 57.8 Å². The summed E-state index contributed by atoms with van der Waals surface area (Å²) in [5.74, 6) is -1.13. The molecule has 0 bridgehead atoms. The predicted octanol–water partition coefficient (Wildman–Crippen LogP) is 11.6. The molecule has 0 unspecified atom stereocenters. The molecule has 0 saturated carbocycles. The van der Waals surface area contributed by atoms with Crippen molar-refractivity contribution in [2.75, 3.05) is 13.2 Å². The number of unbranched alkanes of at least 4 members (excludes halogenated alkanes) is 9. The van der Waals surface area contributed by atoms with Crippen LogP contribution in [0, 0.1) is 0 Å². The first-order valence-electron chi connectivity index (χ1n) is 20.6. The van der Waals surface area contributed by atoms with Gasteiger partial charge in [0.1, 0.15) is 6.61 Å². The van der Waals surface area contributed by atoms with E-state index in [0.29, 0.717) is 19.3 Å². The van der Waals surface area contributed by atoms with Gasteiger partial charge in [0.15, 0.2) is 6.10 Å². The second kappa shape index (κ2) is 39.2. The molecule has 2 atom stereocenters. The zero-order valence-corrected chi connectivity index (χ0v) is 34.8. The third-order valence-electron chi connectivity index (χ3n) is 8.18. The van der Waals surface area contributed by atoms with Gasteiger partial charge in [-0.15, -0.1) is 0 Å². The molecule has 0 rings (SSSR count). The van der Waals surface area contributed by atoms with Crippen LogP contribution in [0.1, 0.15) is 149 Å². The van der Waals surface area contributed by atoms with E-state index in [4.69, 9.17) is 19.3 Å². The Morgan fingerprint density at radius 2 is 1.04 bits per heavy atom. The number of phosphoric acid groups is 1. The van der Waals surface area contributed by atoms with Crippen molar-refractivity contribution in [1.82, 2.24) is 0 Å². The Hall–Kier alpha value is -3.07. The molecule has 0 aromatic rings. The Kier molecular flexibility index (Phi) is 37.0. The maximum absolute atomic E-state index is 12.4. The molecule has 55 heavy (non-hydrogen) atoms. The molecular weight excluding hydrogens is 715 g/mol. The summed E-state index contributed by atoms with van der Waals surface area (Å²) in [6, 6.07) is 0. The maximum Gasteiger partial charge on any atom is 0.469 e. The van der Waals surface area contributed by atoms with E-state index in [1.54, 1.807) is 12.2 Å². The molecule has 0 aliphatic rings. The fraction of sp³-hybridized carbons (Fsp3) is 0.600. The highest BCUT2D eigenvalue weighted by Gasteiger charge is 2.23. The second-order valence-electron chi connectivity index (χ2n) is 13.5. The standard InChI is InChI=1S/C45H73O9P/c1-3-5-7-9-11-13-15-17-18-19-20-21-22-24-26-28-30-32-34-38-45(48)54-43(41-53-55(49,50)51)40-52-44(47)39-35-37-42(46)36-33-31-29-27-25-23-16-14-12-10-8-6-4-2/h11-14,17-18,20-21,23-26,29,31,33,36,42-43,46H,3-10,15-16,19,22,27-28,30,32,34-35,37-41H2,1-2H3,(H2,49,50,51)/b13-11-,14-12-,18-17-,21-20-,25-23-,26-24-,31-29-,36-33+/t42-,43-/m1/s1. The highest BCUT2D eigenvalue weighted by atomic mass is 31.2. The van der Waals surface area contributed by atoms with E-state index in [2.05, 4.69) is 91.3 Å². The first-order valence-corrected chi connectivity index (χ1v) is 22.2. The molecule has 0 aliphatic heterocycles. The molecular formula is C45H73O9P. The van der Waals surface area contributed by atoms with Crippen molar-refractivity contribution in [3.05, 3.63) is 97.2 Å². The van der Waals surface area contributed by atoms with Gasteiger partial charge in [0, 0.05) is 12.8 Å². The summed E-state index contributed by atoms with van der Waals surface area (Å²) in [6.07, 6.45) is 50.1. The lowest BCUT2D eigenvalue weighted by Gasteiger charge is -2.18. The van der Waals surface area contributed by atoms with Crippen LogP contribution in [0.5, 0.6) is 0 Å². The van der Waals surface area contributed by atoms with E-state index in [-0.39, 0.29) is 12.8 Å². The fourth-order valence-electron chi connectivity index (χ4n) is 5.05. The molecule has 0 aromatic carbocycles. The number of hydrogen-bond acceptors (Lipinski definition) is 7. The van der Waals surface area contributed by atoms with Crippen molar-refractivity contribution in [2.24, 2.45) is 0 Å². The molecule has 0 aromatic heterocycles. The van der Waals surface area contributed by atoms with Crippen LogP contribution < -0.4 is 0 Å². The van der Waals surface area contributed by atoms with Gasteiger partial charge in [-0.1, -0.05) is 143 Å². The van der Waals surface area contributed by atoms with Crippen LogP contribution in [0.3, 0.4) is 0 Å². The SMILES string of the molecule is CCCCC/C=C\C/C=C\C/C=C\C=C\[C@@H](O)CCCC(=O)OC[C@H](COP(=O)(O)O)OC(=O)CCCCC/C=C\C/C=C\C/C=C\C/C=C\CCCCC. The molecule has 3 N–H and O–H groups in total. The van der Waals surface area contributed by atoms with Crippen LogP contribution in [-0.2, 0) is 28.2 Å². The number of aliphatic hydroxyl groups is 1. The third kappa shape index (κ3) is 41.9. The Balaban J connectivity index is 4.22. The summed E-state index contributed by atoms with van der Waals surface area (Å²) in [5.41, 5.74) is 0. The van der Waals surface area contributed by atoms with Crippen molar-refractivity contribution >= 4 is 19.8 Å². The Morgan fingerprint density at radius 1 is 0.564 bits per heavy atom. The molecule has 0 saturated heterocycles. The smallest absolute Gasteiger partial charge is 0.462 e. The number of phosphoric ester groups is 1. The summed E-state index contributed by atoms with van der Waals surface area (Å²) in [4.78, 5) is 42.8. The van der Waals surface area contributed by atoms with Gasteiger partial charge in [-0.3, -0.25) is 14.1 Å². The molecule has 0 fully saturated rings. The Labute approximate surface area is 333 Å². The van der Waals surface area contributed by atoms with Crippen LogP contribution >= 0.6 is 7.82 Å². The zero-order valence-electron chi connectivity index (χ0n) is 33.9. The Morgan fingerprint density at radius 3 is 1.55 bits per heavy atom. The number of esters is 2. The van der Waals surface area contributed by atoms with Gasteiger partial charge < -0.3 is 24.4 Å². The molecule has 0 spiro atoms. The summed E-state index contributed by atoms with van der Waals surface area (Å²) in [5, 5.41) is 10.2. The van der Waals surface area contributed by atoms with Gasteiger partial charge >= 0.3 is 19.8 Å². The predicted molar refractivity (Wildman–Crippen MR) is 226 cm³/mol. The van der Waals surface area contributed by atoms with E-state index >= 15 is 0 Å². The minimum Gasteiger partial charge on any atom is -0.462 e. The highest BCUT2D eigenvalue weighted by molar-refractivity contribution is 7.46. The number of aliphatic hydroxyl groups excluding tert-OH is 1. The van der Waals surface area contributed by atoms with Gasteiger partial charge in [-0.05, 0) is 89.9 Å². The molecule has 0 amide bonds. The van der Waals surface area contributed by atoms with Gasteiger partial charge in [0.2, 0.25) is 0 Å². The largest absolute Gasteiger partial charge is 0.469 e. The zero-order chi connectivity index (χ0) is 40.5. The first-order chi connectivity index (χ1) is 26.7. The van der Waals surface area contributed by atoms with E-state index in [1.165, 1.54) is 44.9 Å². The molecule has 0 radical (unpaired) electrons. The highest BCUT2D eigenvalue weighted by Crippen LogP contribution is 2.36. The molecule has 0 aliphatic carbocycles. The van der Waals surface area contributed by atoms with Crippen LogP contribution in [0.2, 0.25) is 0 Å². The lowest BCUT2D eigenvalue weighted by Crippen LogP contribution is -2.29. The summed E-state index contributed by atoms with van der Waals surface area (Å²) < 4.78 is 26.2. The quantitative estimate of drug-likeness (QED) is 0.0186. The second-order valence-corrected chi connectivity index (χ2v) is 14.7. The number of hydrogen-bond donors (Lipinski definition) is 3. The summed E-state index contributed by atoms with van der Waals surface area (Å²) >= 11 is 0. The van der Waals surface area contributed by atoms with Crippen LogP contribution in [-0.4, -0.2) is 52.3 Å². The average Bonchev–Trinajstić information content (AvgIpc) is 3.15. The maximum atomic E-state index is 12.4. The van der Waals surface area contributed by atoms with Crippen LogP contribution in [0.4, 0.5) is 0 Å². The monoisotopic (exact) mass is 788 g/mol. The molecule has 0 heterocycles. The molecule has 10 heteroatoms. The third-order valence-corrected chi connectivity index (χ3v) is 8.66. The topological polar surface area (TPSA) is 140 Å². The number of rotatable bonds is 36. The lowest BCUT2D eigenvalue weighted by atomic mass is 10.1. The van der Waals surface area contributed by atoms with Gasteiger partial charge in [-0.25, -0.2) is 4.57 Å². The molecule has 9 nitrogen and oxygen atoms in total. The lowest BCUT2D eigenvalue weighted by molar-refractivity contribution is -0.161. The fourth-order valence-corrected chi connectivity index (χ4v) is 5.41. The van der Waals surface area contributed by atoms with Gasteiger partial charge in [0.25, 0.3) is 0 Å². The average molecular weight is 789 g/mol. The Bertz CT molecular complexity index is 1220. The van der Waals surface area contributed by atoms with Crippen molar-refractivity contribution in [1.29, 1.82) is 0 Å². The van der Waals surface area contributed by atoms with E-state index < -0.39 is 45.2 Å². The number of allylic oxidation sites excluding steroid dienone is 15. The summed E-state index contributed by atoms with van der Waals surface area (Å²) in [6.45, 7) is 3.42. The first kappa shape index (κ1) is 51.9. The van der Waals surface area contributed by atoms with E-state index in [9.17, 15) is 19.3 Å². The van der Waals surface area contributed by atoms with Crippen molar-refractivity contribution in [3.63, 3.8) is 0 Å². The minimum absolute atomic E-state index is 0.0258. The van der Waals surface area contributed by atoms with Gasteiger partial charge in [-0.2, -0.15) is 0 Å². The van der Waals surface area contributed by atoms with Crippen LogP contribution in [0.25, 0.3) is 0 Å². The van der Waals surface area contributed by atoms with Gasteiger partial charge in [0.05, 0.1) is 12.7 Å². The van der Waals surface area contributed by atoms with Crippen molar-refractivity contribution in [2.45, 2.75) is 161 Å². The summed E-state index contributed by atoms with van der Waals surface area (Å²) in [7, 11) is -4.82. The van der Waals surface area contributed by atoms with Crippen molar-refractivity contribution in [3.8, 4) is 0 Å². The minimum atomic E-state index is -4.82. The number of carbonyl (C=O) groups is 2. The normalized spacial score (nSPS) is 14.1. The number of ether oxygens (including phenoxy) is 2. The van der Waals surface area contributed by atoms with Crippen LogP contribution in [0.15, 0.2) is 97.2 Å². The van der Waals surface area contributed by atoms with Crippen molar-refractivity contribution < 1.29 is 43.0 Å².